The molecule has 1 saturated carbocycles. The molecule has 1 N–H and O–H groups in total. The van der Waals surface area contributed by atoms with Crippen LogP contribution in [0.3, 0.4) is 0 Å². The number of aliphatic carboxylic acids is 1. The summed E-state index contributed by atoms with van der Waals surface area (Å²) in [5.41, 5.74) is 0.249. The molecule has 2 atom stereocenters. The quantitative estimate of drug-likeness (QED) is 0.861. The van der Waals surface area contributed by atoms with Gasteiger partial charge in [-0.05, 0) is 24.3 Å². The molecule has 1 aromatic carbocycles. The fraction of sp³-hybridized carbons (Fsp3) is 0.368. The topological polar surface area (TPSA) is 41.2 Å². The van der Waals surface area contributed by atoms with E-state index in [1.807, 2.05) is 60.9 Å². The van der Waals surface area contributed by atoms with Crippen molar-refractivity contribution in [2.75, 3.05) is 0 Å². The summed E-state index contributed by atoms with van der Waals surface area (Å²) >= 11 is 0. The number of hydrogen-bond donors (Lipinski definition) is 1. The van der Waals surface area contributed by atoms with E-state index in [4.69, 9.17) is 0 Å². The van der Waals surface area contributed by atoms with Gasteiger partial charge in [-0.15, -0.1) is 0 Å². The lowest BCUT2D eigenvalue weighted by Crippen LogP contribution is -2.42. The van der Waals surface area contributed by atoms with Crippen LogP contribution in [0.5, 0.6) is 0 Å². The molecule has 1 aliphatic carbocycles. The van der Waals surface area contributed by atoms with Crippen LogP contribution < -0.4 is 4.57 Å². The van der Waals surface area contributed by atoms with Gasteiger partial charge in [0.25, 0.3) is 0 Å². The highest BCUT2D eigenvalue weighted by molar-refractivity contribution is 5.82. The lowest BCUT2D eigenvalue weighted by Gasteiger charge is -2.31. The van der Waals surface area contributed by atoms with E-state index in [2.05, 4.69) is 4.57 Å². The third kappa shape index (κ3) is 2.63. The molecule has 0 radical (unpaired) electrons. The number of nitrogens with zero attached hydrogens (tertiary/aromatic N) is 1. The van der Waals surface area contributed by atoms with E-state index < -0.39 is 11.4 Å². The Hall–Kier alpha value is -2.16. The van der Waals surface area contributed by atoms with Gasteiger partial charge in [-0.1, -0.05) is 42.8 Å². The summed E-state index contributed by atoms with van der Waals surface area (Å²) < 4.78 is 2.13. The van der Waals surface area contributed by atoms with Gasteiger partial charge in [0, 0.05) is 18.6 Å². The predicted molar refractivity (Wildman–Crippen MR) is 84.4 cm³/mol. The van der Waals surface area contributed by atoms with E-state index in [-0.39, 0.29) is 5.92 Å². The van der Waals surface area contributed by atoms with Gasteiger partial charge in [-0.25, -0.2) is 4.57 Å². The molecule has 0 saturated heterocycles. The summed E-state index contributed by atoms with van der Waals surface area (Å²) in [6.45, 7) is 0.868. The maximum Gasteiger partial charge on any atom is 0.314 e. The van der Waals surface area contributed by atoms with Gasteiger partial charge in [0.1, 0.15) is 6.54 Å². The molecule has 2 unspecified atom stereocenters. The van der Waals surface area contributed by atoms with Crippen molar-refractivity contribution in [1.82, 2.24) is 0 Å². The van der Waals surface area contributed by atoms with Gasteiger partial charge in [0.2, 0.25) is 0 Å². The van der Waals surface area contributed by atoms with Crippen LogP contribution in [0.1, 0.15) is 31.2 Å². The van der Waals surface area contributed by atoms with E-state index in [0.717, 1.165) is 37.8 Å². The highest BCUT2D eigenvalue weighted by Crippen LogP contribution is 2.47. The molecule has 1 aliphatic rings. The van der Waals surface area contributed by atoms with Crippen LogP contribution in [-0.4, -0.2) is 11.1 Å². The van der Waals surface area contributed by atoms with Crippen LogP contribution in [0.4, 0.5) is 0 Å². The predicted octanol–water partition coefficient (Wildman–Crippen LogP) is 3.19. The third-order valence-corrected chi connectivity index (χ3v) is 5.00. The Morgan fingerprint density at radius 3 is 2.50 bits per heavy atom. The minimum atomic E-state index is -0.712. The second-order valence-corrected chi connectivity index (χ2v) is 6.13. The number of aromatic nitrogens is 1. The standard InChI is InChI=1S/C19H21NO2/c21-18(22)19(16-8-3-1-4-9-16)12-7-10-17(19)11-15-20-13-5-2-6-14-20/h1-6,8-9,13-14,17H,7,10-12,15H2/p+1. The van der Waals surface area contributed by atoms with E-state index in [9.17, 15) is 9.90 Å². The molecule has 0 spiro atoms. The average Bonchev–Trinajstić information content (AvgIpc) is 3.00. The minimum Gasteiger partial charge on any atom is -0.481 e. The molecular formula is C19H22NO2+. The molecule has 0 bridgehead atoms. The van der Waals surface area contributed by atoms with Crippen molar-refractivity contribution in [2.45, 2.75) is 37.6 Å². The molecule has 114 valence electrons. The number of carboxylic acids is 1. The Labute approximate surface area is 131 Å². The summed E-state index contributed by atoms with van der Waals surface area (Å²) in [6, 6.07) is 15.8. The van der Waals surface area contributed by atoms with Crippen molar-refractivity contribution in [3.8, 4) is 0 Å². The zero-order chi connectivity index (χ0) is 15.4. The van der Waals surface area contributed by atoms with Crippen molar-refractivity contribution in [2.24, 2.45) is 5.92 Å². The smallest absolute Gasteiger partial charge is 0.314 e. The second-order valence-electron chi connectivity index (χ2n) is 6.13. The van der Waals surface area contributed by atoms with Crippen molar-refractivity contribution in [3.05, 3.63) is 66.5 Å². The first-order valence-corrected chi connectivity index (χ1v) is 7.96. The molecular weight excluding hydrogens is 274 g/mol. The summed E-state index contributed by atoms with van der Waals surface area (Å²) in [5.74, 6) is -0.473. The summed E-state index contributed by atoms with van der Waals surface area (Å²) in [5, 5.41) is 9.98. The normalized spacial score (nSPS) is 24.3. The van der Waals surface area contributed by atoms with Crippen LogP contribution in [0, 0.1) is 5.92 Å². The van der Waals surface area contributed by atoms with E-state index >= 15 is 0 Å². The average molecular weight is 296 g/mol. The Morgan fingerprint density at radius 1 is 1.14 bits per heavy atom. The summed E-state index contributed by atoms with van der Waals surface area (Å²) in [7, 11) is 0. The summed E-state index contributed by atoms with van der Waals surface area (Å²) in [6.07, 6.45) is 7.71. The monoisotopic (exact) mass is 296 g/mol. The molecule has 2 aromatic rings. The largest absolute Gasteiger partial charge is 0.481 e. The number of rotatable bonds is 5. The second kappa shape index (κ2) is 6.30. The van der Waals surface area contributed by atoms with Gasteiger partial charge in [-0.3, -0.25) is 4.79 Å². The SMILES string of the molecule is O=C(O)C1(c2ccccc2)CCCC1CC[n+]1ccccc1. The molecule has 3 rings (SSSR count). The fourth-order valence-corrected chi connectivity index (χ4v) is 3.88. The Morgan fingerprint density at radius 2 is 1.82 bits per heavy atom. The van der Waals surface area contributed by atoms with Gasteiger partial charge in [0.15, 0.2) is 12.4 Å². The Bertz CT molecular complexity index is 626. The van der Waals surface area contributed by atoms with Gasteiger partial charge in [0.05, 0.1) is 5.41 Å². The maximum absolute atomic E-state index is 12.1. The first-order chi connectivity index (χ1) is 10.7. The van der Waals surface area contributed by atoms with Crippen LogP contribution >= 0.6 is 0 Å². The van der Waals surface area contributed by atoms with Gasteiger partial charge in [-0.2, -0.15) is 0 Å². The zero-order valence-corrected chi connectivity index (χ0v) is 12.7. The molecule has 3 heteroatoms. The lowest BCUT2D eigenvalue weighted by atomic mass is 9.71. The van der Waals surface area contributed by atoms with E-state index in [1.165, 1.54) is 0 Å². The number of pyridine rings is 1. The molecule has 0 amide bonds. The van der Waals surface area contributed by atoms with Gasteiger partial charge >= 0.3 is 5.97 Å². The first-order valence-electron chi connectivity index (χ1n) is 7.96. The number of aryl methyl sites for hydroxylation is 1. The lowest BCUT2D eigenvalue weighted by molar-refractivity contribution is -0.698. The zero-order valence-electron chi connectivity index (χ0n) is 12.7. The fourth-order valence-electron chi connectivity index (χ4n) is 3.88. The van der Waals surface area contributed by atoms with Crippen molar-refractivity contribution in [3.63, 3.8) is 0 Å². The van der Waals surface area contributed by atoms with Crippen LogP contribution in [0.15, 0.2) is 60.9 Å². The molecule has 3 nitrogen and oxygen atoms in total. The van der Waals surface area contributed by atoms with E-state index in [0.29, 0.717) is 0 Å². The van der Waals surface area contributed by atoms with Crippen molar-refractivity contribution < 1.29 is 14.5 Å². The Balaban J connectivity index is 1.84. The number of benzene rings is 1. The molecule has 1 aromatic heterocycles. The molecule has 1 heterocycles. The number of hydrogen-bond acceptors (Lipinski definition) is 1. The van der Waals surface area contributed by atoms with Crippen molar-refractivity contribution >= 4 is 5.97 Å². The Kier molecular flexibility index (Phi) is 4.23. The number of carboxylic acid groups (broad SMARTS) is 1. The third-order valence-electron chi connectivity index (χ3n) is 5.00. The van der Waals surface area contributed by atoms with Gasteiger partial charge < -0.3 is 5.11 Å². The molecule has 1 fully saturated rings. The number of carbonyl (C=O) groups is 1. The van der Waals surface area contributed by atoms with E-state index in [1.54, 1.807) is 0 Å². The van der Waals surface area contributed by atoms with Crippen LogP contribution in [0.2, 0.25) is 0 Å². The summed E-state index contributed by atoms with van der Waals surface area (Å²) in [4.78, 5) is 12.1. The van der Waals surface area contributed by atoms with Crippen molar-refractivity contribution in [1.29, 1.82) is 0 Å². The minimum absolute atomic E-state index is 0.195. The highest BCUT2D eigenvalue weighted by atomic mass is 16.4. The first kappa shape index (κ1) is 14.8. The highest BCUT2D eigenvalue weighted by Gasteiger charge is 2.50. The van der Waals surface area contributed by atoms with Crippen LogP contribution in [0.25, 0.3) is 0 Å². The molecule has 22 heavy (non-hydrogen) atoms. The maximum atomic E-state index is 12.1. The molecule has 0 aliphatic heterocycles. The van der Waals surface area contributed by atoms with Crippen LogP contribution in [-0.2, 0) is 16.8 Å².